The molecule has 15 heavy (non-hydrogen) atoms. The van der Waals surface area contributed by atoms with Gasteiger partial charge in [0.15, 0.2) is 0 Å². The Balaban J connectivity index is 3.04. The molecule has 0 heterocycles. The van der Waals surface area contributed by atoms with Crippen molar-refractivity contribution in [3.63, 3.8) is 0 Å². The molecule has 0 N–H and O–H groups in total. The molecule has 0 radical (unpaired) electrons. The Morgan fingerprint density at radius 1 is 1.67 bits per heavy atom. The number of ether oxygens (including phenoxy) is 1. The van der Waals surface area contributed by atoms with Gasteiger partial charge in [0.2, 0.25) is 0 Å². The summed E-state index contributed by atoms with van der Waals surface area (Å²) in [7, 11) is 1.26. The summed E-state index contributed by atoms with van der Waals surface area (Å²) in [5.74, 6) is 0.454. The summed E-state index contributed by atoms with van der Waals surface area (Å²) >= 11 is 4.42. The topological polar surface area (TPSA) is 55.7 Å². The zero-order chi connectivity index (χ0) is 11.3. The van der Waals surface area contributed by atoms with Crippen molar-refractivity contribution in [1.29, 1.82) is 0 Å². The Morgan fingerprint density at radius 2 is 2.40 bits per heavy atom. The molecule has 0 aromatic heterocycles. The normalized spacial score (nSPS) is 18.6. The van der Waals surface area contributed by atoms with Crippen LogP contribution in [0.4, 0.5) is 0 Å². The van der Waals surface area contributed by atoms with E-state index in [4.69, 9.17) is 0 Å². The molecular weight excluding hydrogens is 214 g/mol. The van der Waals surface area contributed by atoms with E-state index in [-0.39, 0.29) is 5.57 Å². The zero-order valence-corrected chi connectivity index (χ0v) is 8.71. The number of methoxy groups -OCH3 is 1. The number of thiocarbonyl (C=S) groups is 1. The largest absolute Gasteiger partial charge is 0.468 e. The predicted octanol–water partition coefficient (Wildman–Crippen LogP) is 1.09. The quantitative estimate of drug-likeness (QED) is 0.303. The van der Waals surface area contributed by atoms with Gasteiger partial charge in [-0.15, -0.1) is 0 Å². The van der Waals surface area contributed by atoms with Gasteiger partial charge < -0.3 is 4.74 Å². The fraction of sp³-hybridized carbons (Fsp3) is 0.200. The van der Waals surface area contributed by atoms with Crippen LogP contribution in [0, 0.1) is 5.92 Å². The van der Waals surface area contributed by atoms with Crippen LogP contribution in [-0.4, -0.2) is 24.2 Å². The van der Waals surface area contributed by atoms with E-state index in [1.807, 2.05) is 0 Å². The molecule has 0 saturated carbocycles. The first-order valence-corrected chi connectivity index (χ1v) is 4.44. The number of rotatable bonds is 2. The number of allylic oxidation sites excluding steroid dienone is 2. The number of esters is 1. The molecule has 0 spiro atoms. The summed E-state index contributed by atoms with van der Waals surface area (Å²) in [4.78, 5) is 25.5. The molecule has 5 heteroatoms. The van der Waals surface area contributed by atoms with Gasteiger partial charge in [0.1, 0.15) is 11.9 Å². The number of isothiocyanates is 1. The molecule has 0 fully saturated rings. The van der Waals surface area contributed by atoms with E-state index >= 15 is 0 Å². The first-order valence-electron chi connectivity index (χ1n) is 4.03. The standard InChI is InChI=1S/C10H7NO3S/c1-14-10(13)9-3-2-8(11-6-15)4-7(9)5-12/h2-4,9H,1H3. The lowest BCUT2D eigenvalue weighted by Crippen LogP contribution is -2.17. The minimum atomic E-state index is -0.712. The van der Waals surface area contributed by atoms with Gasteiger partial charge in [0, 0.05) is 0 Å². The maximum absolute atomic E-state index is 11.2. The third-order valence-corrected chi connectivity index (χ3v) is 1.94. The fourth-order valence-electron chi connectivity index (χ4n) is 1.14. The van der Waals surface area contributed by atoms with E-state index < -0.39 is 11.9 Å². The predicted molar refractivity (Wildman–Crippen MR) is 57.0 cm³/mol. The van der Waals surface area contributed by atoms with Crippen molar-refractivity contribution in [1.82, 2.24) is 0 Å². The molecule has 0 aromatic rings. The monoisotopic (exact) mass is 221 g/mol. The molecule has 0 saturated heterocycles. The Bertz CT molecular complexity index is 438. The van der Waals surface area contributed by atoms with Gasteiger partial charge in [-0.3, -0.25) is 4.79 Å². The Kier molecular flexibility index (Phi) is 3.89. The molecule has 1 unspecified atom stereocenters. The second kappa shape index (κ2) is 5.17. The summed E-state index contributed by atoms with van der Waals surface area (Å²) in [6, 6.07) is 0. The van der Waals surface area contributed by atoms with Gasteiger partial charge in [0.05, 0.1) is 23.5 Å². The van der Waals surface area contributed by atoms with Crippen LogP contribution < -0.4 is 0 Å². The molecule has 1 aliphatic carbocycles. The average molecular weight is 221 g/mol. The lowest BCUT2D eigenvalue weighted by molar-refractivity contribution is -0.142. The maximum atomic E-state index is 11.2. The summed E-state index contributed by atoms with van der Waals surface area (Å²) in [6.07, 6.45) is 4.51. The molecule has 0 aliphatic heterocycles. The third kappa shape index (κ3) is 2.58. The minimum absolute atomic E-state index is 0.174. The lowest BCUT2D eigenvalue weighted by Gasteiger charge is -2.12. The van der Waals surface area contributed by atoms with Crippen molar-refractivity contribution in [2.45, 2.75) is 0 Å². The Labute approximate surface area is 91.6 Å². The second-order valence-electron chi connectivity index (χ2n) is 2.69. The van der Waals surface area contributed by atoms with Gasteiger partial charge in [-0.05, 0) is 24.4 Å². The number of carbonyl (C=O) groups excluding carboxylic acids is 2. The van der Waals surface area contributed by atoms with Crippen LogP contribution in [0.5, 0.6) is 0 Å². The van der Waals surface area contributed by atoms with E-state index in [0.717, 1.165) is 0 Å². The van der Waals surface area contributed by atoms with E-state index in [2.05, 4.69) is 27.1 Å². The highest BCUT2D eigenvalue weighted by Crippen LogP contribution is 2.21. The van der Waals surface area contributed by atoms with Gasteiger partial charge in [0.25, 0.3) is 0 Å². The highest BCUT2D eigenvalue weighted by atomic mass is 32.1. The third-order valence-electron chi connectivity index (χ3n) is 1.85. The van der Waals surface area contributed by atoms with Gasteiger partial charge >= 0.3 is 5.97 Å². The summed E-state index contributed by atoms with van der Waals surface area (Å²) in [6.45, 7) is 0. The Hall–Kier alpha value is -1.80. The van der Waals surface area contributed by atoms with Crippen LogP contribution in [0.25, 0.3) is 0 Å². The van der Waals surface area contributed by atoms with E-state index in [0.29, 0.717) is 5.70 Å². The average Bonchev–Trinajstić information content (AvgIpc) is 2.28. The molecule has 4 nitrogen and oxygen atoms in total. The van der Waals surface area contributed by atoms with Crippen LogP contribution in [0.15, 0.2) is 34.5 Å². The van der Waals surface area contributed by atoms with Gasteiger partial charge in [-0.25, -0.2) is 4.79 Å². The van der Waals surface area contributed by atoms with Gasteiger partial charge in [-0.1, -0.05) is 6.08 Å². The van der Waals surface area contributed by atoms with Crippen LogP contribution in [-0.2, 0) is 14.3 Å². The molecule has 0 aromatic carbocycles. The van der Waals surface area contributed by atoms with E-state index in [9.17, 15) is 9.59 Å². The van der Waals surface area contributed by atoms with Crippen molar-refractivity contribution in [3.8, 4) is 0 Å². The van der Waals surface area contributed by atoms with Crippen LogP contribution >= 0.6 is 12.2 Å². The molecule has 1 atom stereocenters. The number of hydrogen-bond acceptors (Lipinski definition) is 5. The number of nitrogens with zero attached hydrogens (tertiary/aromatic N) is 1. The van der Waals surface area contributed by atoms with Gasteiger partial charge in [-0.2, -0.15) is 4.99 Å². The SMILES string of the molecule is COC(=O)C1C=CC(N=C=S)=CC1=C=O. The summed E-state index contributed by atoms with van der Waals surface area (Å²) in [5, 5.41) is 2.17. The van der Waals surface area contributed by atoms with Crippen molar-refractivity contribution >= 4 is 29.3 Å². The van der Waals surface area contributed by atoms with E-state index in [1.165, 1.54) is 19.3 Å². The molecule has 76 valence electrons. The minimum Gasteiger partial charge on any atom is -0.468 e. The number of aliphatic imine (C=N–C) groups is 1. The van der Waals surface area contributed by atoms with Crippen molar-refractivity contribution in [2.75, 3.05) is 7.11 Å². The number of hydrogen-bond donors (Lipinski definition) is 0. The fourth-order valence-corrected chi connectivity index (χ4v) is 1.25. The van der Waals surface area contributed by atoms with Crippen LogP contribution in [0.3, 0.4) is 0 Å². The molecule has 1 rings (SSSR count). The lowest BCUT2D eigenvalue weighted by atomic mass is 9.95. The zero-order valence-electron chi connectivity index (χ0n) is 7.89. The Morgan fingerprint density at radius 3 is 2.93 bits per heavy atom. The van der Waals surface area contributed by atoms with Crippen molar-refractivity contribution in [3.05, 3.63) is 29.5 Å². The first kappa shape index (κ1) is 11.3. The summed E-state index contributed by atoms with van der Waals surface area (Å²) < 4.78 is 4.53. The second-order valence-corrected chi connectivity index (χ2v) is 2.87. The van der Waals surface area contributed by atoms with Crippen LogP contribution in [0.2, 0.25) is 0 Å². The number of carbonyl (C=O) groups is 1. The highest BCUT2D eigenvalue weighted by molar-refractivity contribution is 7.78. The molecule has 0 bridgehead atoms. The molecule has 1 aliphatic rings. The van der Waals surface area contributed by atoms with Crippen LogP contribution in [0.1, 0.15) is 0 Å². The smallest absolute Gasteiger partial charge is 0.317 e. The molecular formula is C10H7NO3S. The first-order chi connectivity index (χ1) is 7.22. The summed E-state index contributed by atoms with van der Waals surface area (Å²) in [5.41, 5.74) is 0.636. The van der Waals surface area contributed by atoms with Crippen molar-refractivity contribution < 1.29 is 14.3 Å². The highest BCUT2D eigenvalue weighted by Gasteiger charge is 2.23. The maximum Gasteiger partial charge on any atom is 0.317 e. The van der Waals surface area contributed by atoms with E-state index in [1.54, 1.807) is 12.0 Å². The molecule has 0 amide bonds. The van der Waals surface area contributed by atoms with Crippen molar-refractivity contribution in [2.24, 2.45) is 10.9 Å².